The highest BCUT2D eigenvalue weighted by Crippen LogP contribution is 2.17. The molecule has 0 aliphatic carbocycles. The van der Waals surface area contributed by atoms with Crippen molar-refractivity contribution in [1.82, 2.24) is 9.88 Å². The number of ether oxygens (including phenoxy) is 1. The van der Waals surface area contributed by atoms with E-state index in [1.54, 1.807) is 37.4 Å². The summed E-state index contributed by atoms with van der Waals surface area (Å²) < 4.78 is 5.14. The molecule has 26 heavy (non-hydrogen) atoms. The number of halogens is 1. The highest BCUT2D eigenvalue weighted by molar-refractivity contribution is 6.29. The van der Waals surface area contributed by atoms with Crippen molar-refractivity contribution in [2.45, 2.75) is 6.54 Å². The van der Waals surface area contributed by atoms with Gasteiger partial charge in [0.05, 0.1) is 11.1 Å². The zero-order valence-corrected chi connectivity index (χ0v) is 14.9. The summed E-state index contributed by atoms with van der Waals surface area (Å²) in [5, 5.41) is 1.16. The number of fused-ring (bicyclic) bond motifs is 1. The molecule has 0 saturated carbocycles. The number of hydrogen-bond acceptors (Lipinski definition) is 4. The van der Waals surface area contributed by atoms with E-state index in [2.05, 4.69) is 4.98 Å². The minimum atomic E-state index is -0.552. The average Bonchev–Trinajstić information content (AvgIpc) is 2.66. The summed E-state index contributed by atoms with van der Waals surface area (Å²) in [5.41, 5.74) is 2.06. The Morgan fingerprint density at radius 2 is 1.85 bits per heavy atom. The van der Waals surface area contributed by atoms with Gasteiger partial charge in [-0.2, -0.15) is 0 Å². The molecule has 1 heterocycles. The number of aromatic nitrogens is 1. The number of pyridine rings is 1. The van der Waals surface area contributed by atoms with E-state index in [1.807, 2.05) is 30.3 Å². The summed E-state index contributed by atoms with van der Waals surface area (Å²) in [5.74, 6) is -0.820. The minimum Gasteiger partial charge on any atom is -0.452 e. The first-order chi connectivity index (χ1) is 12.5. The number of likely N-dealkylation sites (N-methyl/N-ethyl adjacent to an activating group) is 1. The van der Waals surface area contributed by atoms with E-state index in [4.69, 9.17) is 16.3 Å². The molecule has 0 radical (unpaired) electrons. The zero-order valence-electron chi connectivity index (χ0n) is 14.2. The number of amides is 1. The van der Waals surface area contributed by atoms with Crippen molar-refractivity contribution in [2.24, 2.45) is 0 Å². The normalized spacial score (nSPS) is 10.5. The summed E-state index contributed by atoms with van der Waals surface area (Å²) in [6.07, 6.45) is 0. The molecule has 0 aliphatic rings. The molecule has 132 valence electrons. The van der Waals surface area contributed by atoms with Gasteiger partial charge in [-0.3, -0.25) is 4.79 Å². The molecule has 0 atom stereocenters. The largest absolute Gasteiger partial charge is 0.452 e. The lowest BCUT2D eigenvalue weighted by Gasteiger charge is -2.17. The second-order valence-electron chi connectivity index (χ2n) is 5.85. The lowest BCUT2D eigenvalue weighted by atomic mass is 10.1. The van der Waals surface area contributed by atoms with Crippen molar-refractivity contribution < 1.29 is 14.3 Å². The third-order valence-electron chi connectivity index (χ3n) is 3.91. The van der Waals surface area contributed by atoms with E-state index in [9.17, 15) is 9.59 Å². The van der Waals surface area contributed by atoms with Crippen molar-refractivity contribution in [3.05, 3.63) is 76.9 Å². The van der Waals surface area contributed by atoms with E-state index >= 15 is 0 Å². The lowest BCUT2D eigenvalue weighted by Crippen LogP contribution is -2.30. The number of esters is 1. The molecule has 6 heteroatoms. The number of hydrogen-bond donors (Lipinski definition) is 0. The van der Waals surface area contributed by atoms with Gasteiger partial charge in [0.2, 0.25) is 0 Å². The van der Waals surface area contributed by atoms with Crippen LogP contribution in [0.5, 0.6) is 0 Å². The third-order valence-corrected chi connectivity index (χ3v) is 4.12. The van der Waals surface area contributed by atoms with E-state index in [0.717, 1.165) is 10.9 Å². The smallest absolute Gasteiger partial charge is 0.338 e. The Morgan fingerprint density at radius 1 is 1.08 bits per heavy atom. The average molecular weight is 369 g/mol. The highest BCUT2D eigenvalue weighted by Gasteiger charge is 2.14. The van der Waals surface area contributed by atoms with Crippen molar-refractivity contribution in [2.75, 3.05) is 13.7 Å². The molecule has 0 fully saturated rings. The number of carbonyl (C=O) groups is 2. The van der Waals surface area contributed by atoms with E-state index in [-0.39, 0.29) is 12.5 Å². The number of rotatable bonds is 5. The standard InChI is InChI=1S/C20H17ClN2O3/c1-23(12-14-5-3-2-4-6-14)19(24)13-26-20(25)16-7-9-17-15(11-16)8-10-18(21)22-17/h2-11H,12-13H2,1H3. The van der Waals surface area contributed by atoms with E-state index in [1.165, 1.54) is 4.90 Å². The van der Waals surface area contributed by atoms with Crippen LogP contribution in [-0.4, -0.2) is 35.4 Å². The molecule has 2 aromatic carbocycles. The van der Waals surface area contributed by atoms with Crippen molar-refractivity contribution in [1.29, 1.82) is 0 Å². The third kappa shape index (κ3) is 4.37. The predicted molar refractivity (Wildman–Crippen MR) is 100.0 cm³/mol. The van der Waals surface area contributed by atoms with E-state index in [0.29, 0.717) is 22.8 Å². The van der Waals surface area contributed by atoms with Gasteiger partial charge in [0.25, 0.3) is 5.91 Å². The molecule has 1 amide bonds. The Kier molecular flexibility index (Phi) is 5.49. The van der Waals surface area contributed by atoms with Crippen LogP contribution in [0.4, 0.5) is 0 Å². The molecule has 0 spiro atoms. The Hall–Kier alpha value is -2.92. The molecule has 0 aliphatic heterocycles. The molecule has 1 aromatic heterocycles. The fourth-order valence-corrected chi connectivity index (χ4v) is 2.65. The first kappa shape index (κ1) is 17.9. The fraction of sp³-hybridized carbons (Fsp3) is 0.150. The van der Waals surface area contributed by atoms with Crippen LogP contribution in [-0.2, 0) is 16.1 Å². The van der Waals surface area contributed by atoms with Gasteiger partial charge in [0.1, 0.15) is 5.15 Å². The van der Waals surface area contributed by atoms with Crippen molar-refractivity contribution >= 4 is 34.4 Å². The maximum Gasteiger partial charge on any atom is 0.338 e. The summed E-state index contributed by atoms with van der Waals surface area (Å²) in [6.45, 7) is 0.151. The number of nitrogens with zero attached hydrogens (tertiary/aromatic N) is 2. The maximum atomic E-state index is 12.2. The van der Waals surface area contributed by atoms with Crippen LogP contribution in [0.2, 0.25) is 5.15 Å². The molecule has 0 unspecified atom stereocenters. The quantitative estimate of drug-likeness (QED) is 0.509. The van der Waals surface area contributed by atoms with Crippen molar-refractivity contribution in [3.8, 4) is 0 Å². The summed E-state index contributed by atoms with van der Waals surface area (Å²) in [4.78, 5) is 30.0. The van der Waals surface area contributed by atoms with Crippen LogP contribution in [0.1, 0.15) is 15.9 Å². The van der Waals surface area contributed by atoms with Gasteiger partial charge in [0.15, 0.2) is 6.61 Å². The molecule has 3 aromatic rings. The molecular formula is C20H17ClN2O3. The molecule has 0 N–H and O–H groups in total. The van der Waals surface area contributed by atoms with Crippen LogP contribution in [0.25, 0.3) is 10.9 Å². The Morgan fingerprint density at radius 3 is 2.62 bits per heavy atom. The van der Waals surface area contributed by atoms with Crippen LogP contribution in [0, 0.1) is 0 Å². The van der Waals surface area contributed by atoms with Crippen LogP contribution < -0.4 is 0 Å². The zero-order chi connectivity index (χ0) is 18.5. The van der Waals surface area contributed by atoms with Crippen molar-refractivity contribution in [3.63, 3.8) is 0 Å². The van der Waals surface area contributed by atoms with Crippen LogP contribution in [0.3, 0.4) is 0 Å². The SMILES string of the molecule is CN(Cc1ccccc1)C(=O)COC(=O)c1ccc2nc(Cl)ccc2c1. The minimum absolute atomic E-state index is 0.267. The van der Waals surface area contributed by atoms with Crippen LogP contribution >= 0.6 is 11.6 Å². The second kappa shape index (κ2) is 7.97. The highest BCUT2D eigenvalue weighted by atomic mass is 35.5. The summed E-state index contributed by atoms with van der Waals surface area (Å²) in [7, 11) is 1.68. The number of carbonyl (C=O) groups excluding carboxylic acids is 2. The molecule has 0 bridgehead atoms. The Labute approximate surface area is 156 Å². The topological polar surface area (TPSA) is 59.5 Å². The Balaban J connectivity index is 1.59. The predicted octanol–water partition coefficient (Wildman–Crippen LogP) is 3.70. The molecule has 0 saturated heterocycles. The fourth-order valence-electron chi connectivity index (χ4n) is 2.49. The molecule has 5 nitrogen and oxygen atoms in total. The lowest BCUT2D eigenvalue weighted by molar-refractivity contribution is -0.133. The summed E-state index contributed by atoms with van der Waals surface area (Å²) in [6, 6.07) is 18.0. The monoisotopic (exact) mass is 368 g/mol. The number of benzene rings is 2. The van der Waals surface area contributed by atoms with E-state index < -0.39 is 5.97 Å². The van der Waals surface area contributed by atoms with Gasteiger partial charge in [0, 0.05) is 19.0 Å². The van der Waals surface area contributed by atoms with Gasteiger partial charge in [-0.1, -0.05) is 41.9 Å². The maximum absolute atomic E-state index is 12.2. The molecular weight excluding hydrogens is 352 g/mol. The first-order valence-corrected chi connectivity index (χ1v) is 8.42. The molecule has 3 rings (SSSR count). The van der Waals surface area contributed by atoms with Gasteiger partial charge in [-0.25, -0.2) is 9.78 Å². The van der Waals surface area contributed by atoms with Gasteiger partial charge in [-0.05, 0) is 35.9 Å². The Bertz CT molecular complexity index is 944. The summed E-state index contributed by atoms with van der Waals surface area (Å²) >= 11 is 5.85. The second-order valence-corrected chi connectivity index (χ2v) is 6.24. The van der Waals surface area contributed by atoms with Crippen LogP contribution in [0.15, 0.2) is 60.7 Å². The van der Waals surface area contributed by atoms with Gasteiger partial charge >= 0.3 is 5.97 Å². The van der Waals surface area contributed by atoms with Gasteiger partial charge < -0.3 is 9.64 Å². The first-order valence-electron chi connectivity index (χ1n) is 8.04. The van der Waals surface area contributed by atoms with Gasteiger partial charge in [-0.15, -0.1) is 0 Å².